The van der Waals surface area contributed by atoms with Gasteiger partial charge in [0.25, 0.3) is 0 Å². The summed E-state index contributed by atoms with van der Waals surface area (Å²) in [6.45, 7) is -0.588. The van der Waals surface area contributed by atoms with Crippen LogP contribution in [0.2, 0.25) is 5.02 Å². The number of methoxy groups -OCH3 is 1. The van der Waals surface area contributed by atoms with Gasteiger partial charge in [0.05, 0.1) is 19.3 Å². The maximum absolute atomic E-state index is 13.1. The van der Waals surface area contributed by atoms with Crippen molar-refractivity contribution in [1.82, 2.24) is 0 Å². The molecule has 1 N–H and O–H groups in total. The van der Waals surface area contributed by atoms with E-state index in [-0.39, 0.29) is 11.3 Å². The monoisotopic (exact) mass is 208 g/mol. The Morgan fingerprint density at radius 1 is 1.54 bits per heavy atom. The summed E-state index contributed by atoms with van der Waals surface area (Å²) < 4.78 is 30.6. The van der Waals surface area contributed by atoms with Gasteiger partial charge in [-0.2, -0.15) is 0 Å². The Morgan fingerprint density at radius 2 is 2.15 bits per heavy atom. The fourth-order valence-electron chi connectivity index (χ4n) is 0.941. The molecule has 1 rings (SSSR count). The van der Waals surface area contributed by atoms with Crippen molar-refractivity contribution in [2.45, 2.75) is 6.61 Å². The van der Waals surface area contributed by atoms with Crippen LogP contribution in [0.25, 0.3) is 0 Å². The smallest absolute Gasteiger partial charge is 0.154 e. The number of aliphatic hydroxyl groups excluding tert-OH is 1. The molecular formula is C8H7ClF2O2. The zero-order valence-corrected chi connectivity index (χ0v) is 7.53. The van der Waals surface area contributed by atoms with Crippen LogP contribution in [-0.4, -0.2) is 12.2 Å². The standard InChI is InChI=1S/C8H7ClF2O2/c1-13-6-2-5(10)7(9)8(11)4(6)3-12/h2,12H,3H2,1H3. The van der Waals surface area contributed by atoms with Crippen molar-refractivity contribution in [3.05, 3.63) is 28.3 Å². The van der Waals surface area contributed by atoms with Crippen LogP contribution >= 0.6 is 11.6 Å². The summed E-state index contributed by atoms with van der Waals surface area (Å²) in [6.07, 6.45) is 0. The largest absolute Gasteiger partial charge is 0.496 e. The van der Waals surface area contributed by atoms with Crippen LogP contribution in [0.5, 0.6) is 5.75 Å². The lowest BCUT2D eigenvalue weighted by Crippen LogP contribution is -1.98. The Balaban J connectivity index is 3.39. The van der Waals surface area contributed by atoms with E-state index in [1.807, 2.05) is 0 Å². The maximum Gasteiger partial charge on any atom is 0.154 e. The van der Waals surface area contributed by atoms with E-state index in [1.165, 1.54) is 7.11 Å². The SMILES string of the molecule is COc1cc(F)c(Cl)c(F)c1CO. The molecule has 0 saturated carbocycles. The molecule has 0 saturated heterocycles. The van der Waals surface area contributed by atoms with Crippen LogP contribution in [0.4, 0.5) is 8.78 Å². The molecule has 1 aromatic rings. The molecule has 0 amide bonds. The molecule has 0 aliphatic heterocycles. The highest BCUT2D eigenvalue weighted by Crippen LogP contribution is 2.29. The van der Waals surface area contributed by atoms with Gasteiger partial charge in [0.2, 0.25) is 0 Å². The van der Waals surface area contributed by atoms with Gasteiger partial charge >= 0.3 is 0 Å². The zero-order valence-electron chi connectivity index (χ0n) is 6.77. The van der Waals surface area contributed by atoms with Gasteiger partial charge in [-0.05, 0) is 0 Å². The molecule has 13 heavy (non-hydrogen) atoms. The van der Waals surface area contributed by atoms with E-state index in [9.17, 15) is 8.78 Å². The molecule has 0 unspecified atom stereocenters. The van der Waals surface area contributed by atoms with Crippen LogP contribution in [-0.2, 0) is 6.61 Å². The Hall–Kier alpha value is -0.870. The van der Waals surface area contributed by atoms with Gasteiger partial charge in [0.15, 0.2) is 5.82 Å². The second-order valence-corrected chi connectivity index (χ2v) is 2.70. The first-order chi connectivity index (χ1) is 6.11. The quantitative estimate of drug-likeness (QED) is 0.755. The molecule has 0 atom stereocenters. The summed E-state index contributed by atoms with van der Waals surface area (Å²) in [4.78, 5) is 0. The molecule has 5 heteroatoms. The summed E-state index contributed by atoms with van der Waals surface area (Å²) in [7, 11) is 1.25. The number of rotatable bonds is 2. The Kier molecular flexibility index (Phi) is 3.06. The minimum atomic E-state index is -0.985. The first-order valence-corrected chi connectivity index (χ1v) is 3.80. The number of hydrogen-bond acceptors (Lipinski definition) is 2. The summed E-state index contributed by atoms with van der Waals surface area (Å²) in [5.74, 6) is -1.95. The maximum atomic E-state index is 13.1. The number of aliphatic hydroxyl groups is 1. The molecule has 0 bridgehead atoms. The lowest BCUT2D eigenvalue weighted by atomic mass is 10.2. The summed E-state index contributed by atoms with van der Waals surface area (Å²) in [5.41, 5.74) is -0.145. The topological polar surface area (TPSA) is 29.5 Å². The Labute approximate surface area is 78.7 Å². The van der Waals surface area contributed by atoms with E-state index in [0.29, 0.717) is 0 Å². The molecule has 2 nitrogen and oxygen atoms in total. The molecule has 0 fully saturated rings. The van der Waals surface area contributed by atoms with E-state index >= 15 is 0 Å². The van der Waals surface area contributed by atoms with Crippen molar-refractivity contribution >= 4 is 11.6 Å². The number of ether oxygens (including phenoxy) is 1. The van der Waals surface area contributed by atoms with Gasteiger partial charge in [-0.15, -0.1) is 0 Å². The molecule has 0 heterocycles. The highest BCUT2D eigenvalue weighted by molar-refractivity contribution is 6.31. The number of hydrogen-bond donors (Lipinski definition) is 1. The lowest BCUT2D eigenvalue weighted by molar-refractivity contribution is 0.266. The van der Waals surface area contributed by atoms with Crippen LogP contribution in [0, 0.1) is 11.6 Å². The van der Waals surface area contributed by atoms with Crippen molar-refractivity contribution in [1.29, 1.82) is 0 Å². The fourth-order valence-corrected chi connectivity index (χ4v) is 1.11. The van der Waals surface area contributed by atoms with Crippen LogP contribution in [0.15, 0.2) is 6.07 Å². The van der Waals surface area contributed by atoms with Gasteiger partial charge in [-0.1, -0.05) is 11.6 Å². The minimum absolute atomic E-state index is 0.0538. The summed E-state index contributed by atoms with van der Waals surface area (Å²) in [5, 5.41) is 8.11. The van der Waals surface area contributed by atoms with Crippen molar-refractivity contribution < 1.29 is 18.6 Å². The third-order valence-electron chi connectivity index (χ3n) is 1.60. The second-order valence-electron chi connectivity index (χ2n) is 2.33. The molecule has 0 aliphatic carbocycles. The van der Waals surface area contributed by atoms with Crippen molar-refractivity contribution in [2.24, 2.45) is 0 Å². The first kappa shape index (κ1) is 10.2. The van der Waals surface area contributed by atoms with Crippen molar-refractivity contribution in [2.75, 3.05) is 7.11 Å². The highest BCUT2D eigenvalue weighted by atomic mass is 35.5. The van der Waals surface area contributed by atoms with Crippen molar-refractivity contribution in [3.8, 4) is 5.75 Å². The van der Waals surface area contributed by atoms with Crippen LogP contribution < -0.4 is 4.74 Å². The second kappa shape index (κ2) is 3.89. The Bertz CT molecular complexity index is 328. The fraction of sp³-hybridized carbons (Fsp3) is 0.250. The summed E-state index contributed by atoms with van der Waals surface area (Å²) >= 11 is 5.27. The van der Waals surface area contributed by atoms with E-state index in [1.54, 1.807) is 0 Å². The average molecular weight is 209 g/mol. The molecular weight excluding hydrogens is 202 g/mol. The van der Waals surface area contributed by atoms with Gasteiger partial charge in [0, 0.05) is 6.07 Å². The first-order valence-electron chi connectivity index (χ1n) is 3.43. The van der Waals surface area contributed by atoms with Gasteiger partial charge < -0.3 is 9.84 Å². The van der Waals surface area contributed by atoms with Crippen LogP contribution in [0.1, 0.15) is 5.56 Å². The van der Waals surface area contributed by atoms with E-state index in [0.717, 1.165) is 6.07 Å². The van der Waals surface area contributed by atoms with Crippen LogP contribution in [0.3, 0.4) is 0 Å². The van der Waals surface area contributed by atoms with Gasteiger partial charge in [0.1, 0.15) is 16.6 Å². The predicted octanol–water partition coefficient (Wildman–Crippen LogP) is 2.12. The van der Waals surface area contributed by atoms with Crippen molar-refractivity contribution in [3.63, 3.8) is 0 Å². The highest BCUT2D eigenvalue weighted by Gasteiger charge is 2.16. The normalized spacial score (nSPS) is 10.2. The number of benzene rings is 1. The Morgan fingerprint density at radius 3 is 2.62 bits per heavy atom. The predicted molar refractivity (Wildman–Crippen MR) is 43.8 cm³/mol. The number of halogens is 3. The third kappa shape index (κ3) is 1.73. The molecule has 0 aromatic heterocycles. The molecule has 0 radical (unpaired) electrons. The van der Waals surface area contributed by atoms with Gasteiger partial charge in [-0.3, -0.25) is 0 Å². The van der Waals surface area contributed by atoms with E-state index in [2.05, 4.69) is 4.74 Å². The molecule has 0 aliphatic rings. The third-order valence-corrected chi connectivity index (χ3v) is 1.95. The summed E-state index contributed by atoms with van der Waals surface area (Å²) in [6, 6.07) is 0.928. The molecule has 0 spiro atoms. The zero-order chi connectivity index (χ0) is 10.0. The van der Waals surface area contributed by atoms with Gasteiger partial charge in [-0.25, -0.2) is 8.78 Å². The van der Waals surface area contributed by atoms with E-state index in [4.69, 9.17) is 16.7 Å². The average Bonchev–Trinajstić information content (AvgIpc) is 2.13. The molecule has 1 aromatic carbocycles. The minimum Gasteiger partial charge on any atom is -0.496 e. The molecule has 72 valence electrons. The lowest BCUT2D eigenvalue weighted by Gasteiger charge is -2.08. The van der Waals surface area contributed by atoms with E-state index < -0.39 is 23.3 Å².